The molecule has 26 heavy (non-hydrogen) atoms. The third-order valence-electron chi connectivity index (χ3n) is 4.00. The minimum Gasteiger partial charge on any atom is -0.497 e. The number of ether oxygens (including phenoxy) is 2. The number of benzene rings is 2. The number of anilines is 1. The highest BCUT2D eigenvalue weighted by Crippen LogP contribution is 2.38. The van der Waals surface area contributed by atoms with Gasteiger partial charge in [-0.1, -0.05) is 15.9 Å². The van der Waals surface area contributed by atoms with Crippen LogP contribution in [0.1, 0.15) is 5.56 Å². The first-order valence-corrected chi connectivity index (χ1v) is 8.55. The maximum absolute atomic E-state index is 9.58. The van der Waals surface area contributed by atoms with Crippen molar-refractivity contribution in [1.29, 1.82) is 5.26 Å². The Labute approximate surface area is 160 Å². The van der Waals surface area contributed by atoms with Crippen molar-refractivity contribution in [2.75, 3.05) is 20.0 Å². The lowest BCUT2D eigenvalue weighted by atomic mass is 9.97. The highest BCUT2D eigenvalue weighted by molar-refractivity contribution is 9.10. The fourth-order valence-corrected chi connectivity index (χ4v) is 3.06. The van der Waals surface area contributed by atoms with E-state index in [1.165, 1.54) is 0 Å². The summed E-state index contributed by atoms with van der Waals surface area (Å²) < 4.78 is 11.5. The van der Waals surface area contributed by atoms with Gasteiger partial charge in [-0.2, -0.15) is 5.26 Å². The Kier molecular flexibility index (Phi) is 5.10. The zero-order chi connectivity index (χ0) is 18.7. The van der Waals surface area contributed by atoms with Crippen LogP contribution in [0, 0.1) is 11.3 Å². The SMILES string of the molecule is COc1ccc(-c2cc(-c3cc(Br)ccc3OC)c(C#N)c(N)n2)cc1. The van der Waals surface area contributed by atoms with Crippen LogP contribution in [0.2, 0.25) is 0 Å². The minimum atomic E-state index is 0.179. The van der Waals surface area contributed by atoms with E-state index in [4.69, 9.17) is 15.2 Å². The van der Waals surface area contributed by atoms with Crippen molar-refractivity contribution in [3.05, 3.63) is 58.6 Å². The quantitative estimate of drug-likeness (QED) is 0.677. The molecule has 0 aliphatic heterocycles. The van der Waals surface area contributed by atoms with Gasteiger partial charge in [-0.25, -0.2) is 4.98 Å². The van der Waals surface area contributed by atoms with E-state index in [0.29, 0.717) is 22.6 Å². The zero-order valence-electron chi connectivity index (χ0n) is 14.3. The maximum Gasteiger partial charge on any atom is 0.142 e. The number of aromatic nitrogens is 1. The Morgan fingerprint density at radius 2 is 1.73 bits per heavy atom. The van der Waals surface area contributed by atoms with Gasteiger partial charge in [0.15, 0.2) is 0 Å². The molecule has 0 saturated carbocycles. The van der Waals surface area contributed by atoms with Crippen molar-refractivity contribution in [3.63, 3.8) is 0 Å². The molecule has 1 heterocycles. The number of pyridine rings is 1. The van der Waals surface area contributed by atoms with E-state index in [9.17, 15) is 5.26 Å². The van der Waals surface area contributed by atoms with E-state index in [-0.39, 0.29) is 5.82 Å². The van der Waals surface area contributed by atoms with Gasteiger partial charge in [0.25, 0.3) is 0 Å². The van der Waals surface area contributed by atoms with Gasteiger partial charge in [0.05, 0.1) is 19.9 Å². The average molecular weight is 410 g/mol. The molecule has 0 saturated heterocycles. The molecule has 6 heteroatoms. The molecule has 3 rings (SSSR count). The van der Waals surface area contributed by atoms with Crippen LogP contribution < -0.4 is 15.2 Å². The van der Waals surface area contributed by atoms with Crippen LogP contribution in [0.5, 0.6) is 11.5 Å². The summed E-state index contributed by atoms with van der Waals surface area (Å²) in [5.74, 6) is 1.58. The third kappa shape index (κ3) is 3.35. The topological polar surface area (TPSA) is 81.2 Å². The van der Waals surface area contributed by atoms with E-state index in [1.54, 1.807) is 14.2 Å². The van der Waals surface area contributed by atoms with Gasteiger partial charge in [0.2, 0.25) is 0 Å². The van der Waals surface area contributed by atoms with E-state index in [1.807, 2.05) is 48.5 Å². The van der Waals surface area contributed by atoms with Crippen LogP contribution >= 0.6 is 15.9 Å². The number of nitrogen functional groups attached to an aromatic ring is 1. The number of nitrogens with zero attached hydrogens (tertiary/aromatic N) is 2. The first-order valence-electron chi connectivity index (χ1n) is 7.76. The van der Waals surface area contributed by atoms with Gasteiger partial charge in [0, 0.05) is 21.2 Å². The number of nitriles is 1. The second-order valence-electron chi connectivity index (χ2n) is 5.50. The van der Waals surface area contributed by atoms with Crippen LogP contribution in [0.3, 0.4) is 0 Å². The third-order valence-corrected chi connectivity index (χ3v) is 4.49. The van der Waals surface area contributed by atoms with Crippen molar-refractivity contribution in [3.8, 4) is 40.0 Å². The summed E-state index contributed by atoms with van der Waals surface area (Å²) >= 11 is 3.47. The van der Waals surface area contributed by atoms with Gasteiger partial charge >= 0.3 is 0 Å². The number of halogens is 1. The highest BCUT2D eigenvalue weighted by atomic mass is 79.9. The van der Waals surface area contributed by atoms with Crippen LogP contribution in [-0.4, -0.2) is 19.2 Å². The van der Waals surface area contributed by atoms with Crippen LogP contribution in [0.25, 0.3) is 22.4 Å². The predicted molar refractivity (Wildman–Crippen MR) is 105 cm³/mol. The van der Waals surface area contributed by atoms with Crippen LogP contribution in [0.15, 0.2) is 53.0 Å². The molecule has 0 unspecified atom stereocenters. The van der Waals surface area contributed by atoms with Gasteiger partial charge in [0.1, 0.15) is 28.9 Å². The molecular formula is C20H16BrN3O2. The minimum absolute atomic E-state index is 0.179. The monoisotopic (exact) mass is 409 g/mol. The molecule has 130 valence electrons. The Hall–Kier alpha value is -3.04. The molecule has 1 aromatic heterocycles. The molecular weight excluding hydrogens is 394 g/mol. The van der Waals surface area contributed by atoms with Gasteiger partial charge in [-0.05, 0) is 48.5 Å². The number of hydrogen-bond acceptors (Lipinski definition) is 5. The zero-order valence-corrected chi connectivity index (χ0v) is 15.9. The van der Waals surface area contributed by atoms with Crippen molar-refractivity contribution in [1.82, 2.24) is 4.98 Å². The summed E-state index contributed by atoms with van der Waals surface area (Å²) in [6.45, 7) is 0. The molecule has 0 radical (unpaired) electrons. The summed E-state index contributed by atoms with van der Waals surface area (Å²) in [7, 11) is 3.21. The fourth-order valence-electron chi connectivity index (χ4n) is 2.70. The molecule has 2 N–H and O–H groups in total. The fraction of sp³-hybridized carbons (Fsp3) is 0.100. The number of methoxy groups -OCH3 is 2. The van der Waals surface area contributed by atoms with Gasteiger partial charge in [-0.15, -0.1) is 0 Å². The van der Waals surface area contributed by atoms with Gasteiger partial charge in [-0.3, -0.25) is 0 Å². The standard InChI is InChI=1S/C20H16BrN3O2/c1-25-14-6-3-12(4-7-14)18-10-15(17(11-22)20(23)24-18)16-9-13(21)5-8-19(16)26-2/h3-10H,1-2H3,(H2,23,24). The van der Waals surface area contributed by atoms with E-state index >= 15 is 0 Å². The van der Waals surface area contributed by atoms with Gasteiger partial charge < -0.3 is 15.2 Å². The molecule has 3 aromatic rings. The summed E-state index contributed by atoms with van der Waals surface area (Å²) in [5.41, 5.74) is 9.38. The molecule has 0 aliphatic rings. The molecule has 0 fully saturated rings. The normalized spacial score (nSPS) is 10.2. The van der Waals surface area contributed by atoms with Crippen LogP contribution in [-0.2, 0) is 0 Å². The lowest BCUT2D eigenvalue weighted by molar-refractivity contribution is 0.415. The molecule has 0 aliphatic carbocycles. The van der Waals surface area contributed by atoms with Crippen LogP contribution in [0.4, 0.5) is 5.82 Å². The Morgan fingerprint density at radius 3 is 2.35 bits per heavy atom. The number of rotatable bonds is 4. The van der Waals surface area contributed by atoms with Crippen molar-refractivity contribution < 1.29 is 9.47 Å². The van der Waals surface area contributed by atoms with Crippen molar-refractivity contribution in [2.45, 2.75) is 0 Å². The lowest BCUT2D eigenvalue weighted by Crippen LogP contribution is -2.00. The first-order chi connectivity index (χ1) is 12.6. The molecule has 0 bridgehead atoms. The summed E-state index contributed by atoms with van der Waals surface area (Å²) in [5, 5.41) is 9.58. The molecule has 2 aromatic carbocycles. The average Bonchev–Trinajstić information content (AvgIpc) is 2.67. The van der Waals surface area contributed by atoms with E-state index < -0.39 is 0 Å². The molecule has 5 nitrogen and oxygen atoms in total. The summed E-state index contributed by atoms with van der Waals surface area (Å²) in [6, 6.07) is 17.1. The number of nitrogens with two attached hydrogens (primary N) is 1. The largest absolute Gasteiger partial charge is 0.497 e. The second-order valence-corrected chi connectivity index (χ2v) is 6.42. The smallest absolute Gasteiger partial charge is 0.142 e. The predicted octanol–water partition coefficient (Wildman–Crippen LogP) is 4.65. The molecule has 0 spiro atoms. The Balaban J connectivity index is 2.23. The summed E-state index contributed by atoms with van der Waals surface area (Å²) in [4.78, 5) is 4.40. The van der Waals surface area contributed by atoms with E-state index in [2.05, 4.69) is 27.0 Å². The summed E-state index contributed by atoms with van der Waals surface area (Å²) in [6.07, 6.45) is 0. The first kappa shape index (κ1) is 17.8. The molecule has 0 atom stereocenters. The Bertz CT molecular complexity index is 995. The van der Waals surface area contributed by atoms with Crippen molar-refractivity contribution >= 4 is 21.7 Å². The second kappa shape index (κ2) is 7.46. The Morgan fingerprint density at radius 1 is 1.00 bits per heavy atom. The van der Waals surface area contributed by atoms with Crippen molar-refractivity contribution in [2.24, 2.45) is 0 Å². The van der Waals surface area contributed by atoms with E-state index in [0.717, 1.165) is 21.3 Å². The lowest BCUT2D eigenvalue weighted by Gasteiger charge is -2.14. The number of hydrogen-bond donors (Lipinski definition) is 1. The maximum atomic E-state index is 9.58. The molecule has 0 amide bonds. The highest BCUT2D eigenvalue weighted by Gasteiger charge is 2.17.